The summed E-state index contributed by atoms with van der Waals surface area (Å²) >= 11 is 0. The van der Waals surface area contributed by atoms with Gasteiger partial charge in [-0.3, -0.25) is 29.4 Å². The van der Waals surface area contributed by atoms with Crippen molar-refractivity contribution in [2.24, 2.45) is 0 Å². The Morgan fingerprint density at radius 1 is 0.919 bits per heavy atom. The van der Waals surface area contributed by atoms with Gasteiger partial charge in [0.1, 0.15) is 11.8 Å². The lowest BCUT2D eigenvalue weighted by atomic mass is 9.95. The summed E-state index contributed by atoms with van der Waals surface area (Å²) in [5.74, 6) is -0.656. The fraction of sp³-hybridized carbons (Fsp3) is 0.444. The second kappa shape index (κ2) is 9.93. The molecule has 0 aromatic heterocycles. The van der Waals surface area contributed by atoms with Gasteiger partial charge in [-0.05, 0) is 38.0 Å². The topological polar surface area (TPSA) is 113 Å². The van der Waals surface area contributed by atoms with Gasteiger partial charge in [-0.25, -0.2) is 0 Å². The number of non-ortho nitro benzene ring substituents is 1. The number of carbonyl (C=O) groups is 3. The molecule has 2 aromatic rings. The van der Waals surface area contributed by atoms with E-state index in [9.17, 15) is 24.5 Å². The molecule has 3 fully saturated rings. The summed E-state index contributed by atoms with van der Waals surface area (Å²) in [6.07, 6.45) is 2.58. The third-order valence-corrected chi connectivity index (χ3v) is 7.62. The number of nitro groups is 1. The van der Waals surface area contributed by atoms with Crippen LogP contribution in [0.15, 0.2) is 48.5 Å². The standard InChI is InChI=1S/C27H30N4O6/c1-19-7-9-20(10-8-19)25(33)30-23(26(34)28-13-2-3-14-28)18-37-27(30)11-15-29(16-12-27)24(32)21-5-4-6-22(17-21)31(35)36/h4-10,17,23H,2-3,11-16,18H2,1H3/t23-/m0/s1. The van der Waals surface area contributed by atoms with Gasteiger partial charge in [0.25, 0.3) is 17.5 Å². The van der Waals surface area contributed by atoms with Crippen molar-refractivity contribution in [1.29, 1.82) is 0 Å². The molecule has 0 aliphatic carbocycles. The zero-order valence-electron chi connectivity index (χ0n) is 20.8. The van der Waals surface area contributed by atoms with Crippen molar-refractivity contribution >= 4 is 23.4 Å². The summed E-state index contributed by atoms with van der Waals surface area (Å²) in [5, 5.41) is 11.1. The number of likely N-dealkylation sites (tertiary alicyclic amines) is 2. The minimum Gasteiger partial charge on any atom is -0.353 e. The van der Waals surface area contributed by atoms with E-state index in [-0.39, 0.29) is 35.6 Å². The second-order valence-electron chi connectivity index (χ2n) is 9.95. The smallest absolute Gasteiger partial charge is 0.270 e. The molecule has 0 N–H and O–H groups in total. The zero-order chi connectivity index (χ0) is 26.2. The molecule has 194 valence electrons. The lowest BCUT2D eigenvalue weighted by Crippen LogP contribution is -2.60. The van der Waals surface area contributed by atoms with E-state index < -0.39 is 16.7 Å². The number of aryl methyl sites for hydroxylation is 1. The van der Waals surface area contributed by atoms with Crippen molar-refractivity contribution in [1.82, 2.24) is 14.7 Å². The average Bonchev–Trinajstić information content (AvgIpc) is 3.57. The molecule has 3 saturated heterocycles. The average molecular weight is 507 g/mol. The first-order valence-electron chi connectivity index (χ1n) is 12.7. The monoisotopic (exact) mass is 506 g/mol. The Balaban J connectivity index is 1.38. The molecule has 1 atom stereocenters. The maximum Gasteiger partial charge on any atom is 0.270 e. The number of benzene rings is 2. The molecule has 0 unspecified atom stereocenters. The number of nitro benzene ring substituents is 1. The van der Waals surface area contributed by atoms with Crippen molar-refractivity contribution in [2.75, 3.05) is 32.8 Å². The Morgan fingerprint density at radius 2 is 1.59 bits per heavy atom. The van der Waals surface area contributed by atoms with Crippen molar-refractivity contribution in [3.05, 3.63) is 75.3 Å². The first-order chi connectivity index (χ1) is 17.8. The van der Waals surface area contributed by atoms with Gasteiger partial charge in [0.2, 0.25) is 5.91 Å². The van der Waals surface area contributed by atoms with E-state index >= 15 is 0 Å². The van der Waals surface area contributed by atoms with E-state index in [2.05, 4.69) is 0 Å². The highest BCUT2D eigenvalue weighted by Gasteiger charge is 2.55. The van der Waals surface area contributed by atoms with Crippen LogP contribution >= 0.6 is 0 Å². The molecular formula is C27H30N4O6. The summed E-state index contributed by atoms with van der Waals surface area (Å²) in [6.45, 7) is 4.02. The molecule has 0 radical (unpaired) electrons. The highest BCUT2D eigenvalue weighted by atomic mass is 16.6. The number of hydrogen-bond donors (Lipinski definition) is 0. The molecule has 3 aliphatic rings. The van der Waals surface area contributed by atoms with Gasteiger partial charge in [0.15, 0.2) is 0 Å². The Kier molecular flexibility index (Phi) is 6.68. The first-order valence-corrected chi connectivity index (χ1v) is 12.7. The molecule has 10 nitrogen and oxygen atoms in total. The van der Waals surface area contributed by atoms with Crippen molar-refractivity contribution in [3.63, 3.8) is 0 Å². The van der Waals surface area contributed by atoms with E-state index in [0.29, 0.717) is 44.6 Å². The molecule has 3 amide bonds. The SMILES string of the molecule is Cc1ccc(C(=O)N2[C@H](C(=O)N3CCCC3)COC23CCN(C(=O)c2cccc([N+](=O)[O-])c2)CC3)cc1. The Labute approximate surface area is 214 Å². The molecule has 1 spiro atoms. The number of rotatable bonds is 4. The van der Waals surface area contributed by atoms with E-state index in [0.717, 1.165) is 18.4 Å². The molecule has 3 heterocycles. The lowest BCUT2D eigenvalue weighted by molar-refractivity contribution is -0.384. The normalized spacial score (nSPS) is 20.9. The van der Waals surface area contributed by atoms with E-state index in [1.54, 1.807) is 28.0 Å². The van der Waals surface area contributed by atoms with Crippen molar-refractivity contribution in [2.45, 2.75) is 44.4 Å². The lowest BCUT2D eigenvalue weighted by Gasteiger charge is -2.44. The Hall–Kier alpha value is -3.79. The maximum atomic E-state index is 13.8. The summed E-state index contributed by atoms with van der Waals surface area (Å²) in [7, 11) is 0. The van der Waals surface area contributed by atoms with Crippen LogP contribution in [0.25, 0.3) is 0 Å². The van der Waals surface area contributed by atoms with Crippen LogP contribution in [0.1, 0.15) is 52.0 Å². The van der Waals surface area contributed by atoms with Crippen LogP contribution in [0.4, 0.5) is 5.69 Å². The fourth-order valence-electron chi connectivity index (χ4n) is 5.53. The van der Waals surface area contributed by atoms with Gasteiger partial charge in [-0.2, -0.15) is 0 Å². The third kappa shape index (κ3) is 4.69. The van der Waals surface area contributed by atoms with Crippen molar-refractivity contribution in [3.8, 4) is 0 Å². The fourth-order valence-corrected chi connectivity index (χ4v) is 5.53. The van der Waals surface area contributed by atoms with Crippen LogP contribution in [0.5, 0.6) is 0 Å². The van der Waals surface area contributed by atoms with Crippen LogP contribution < -0.4 is 0 Å². The predicted octanol–water partition coefficient (Wildman–Crippen LogP) is 3.00. The molecular weight excluding hydrogens is 476 g/mol. The molecule has 2 aromatic carbocycles. The van der Waals surface area contributed by atoms with E-state index in [4.69, 9.17) is 4.74 Å². The van der Waals surface area contributed by atoms with Gasteiger partial charge in [0.05, 0.1) is 11.5 Å². The number of ether oxygens (including phenoxy) is 1. The van der Waals surface area contributed by atoms with Gasteiger partial charge in [-0.1, -0.05) is 23.8 Å². The summed E-state index contributed by atoms with van der Waals surface area (Å²) < 4.78 is 6.27. The van der Waals surface area contributed by atoms with Crippen LogP contribution in [-0.2, 0) is 9.53 Å². The van der Waals surface area contributed by atoms with Gasteiger partial charge in [0, 0.05) is 62.3 Å². The molecule has 0 bridgehead atoms. The molecule has 10 heteroatoms. The number of amides is 3. The number of carbonyl (C=O) groups excluding carboxylic acids is 3. The molecule has 5 rings (SSSR count). The van der Waals surface area contributed by atoms with Crippen LogP contribution in [-0.4, -0.2) is 81.9 Å². The summed E-state index contributed by atoms with van der Waals surface area (Å²) in [6, 6.07) is 12.2. The first kappa shape index (κ1) is 24.9. The molecule has 3 aliphatic heterocycles. The summed E-state index contributed by atoms with van der Waals surface area (Å²) in [4.78, 5) is 56.1. The van der Waals surface area contributed by atoms with Gasteiger partial charge < -0.3 is 14.5 Å². The van der Waals surface area contributed by atoms with Crippen LogP contribution in [0.2, 0.25) is 0 Å². The zero-order valence-corrected chi connectivity index (χ0v) is 20.8. The summed E-state index contributed by atoms with van der Waals surface area (Å²) in [5.41, 5.74) is 0.622. The minimum absolute atomic E-state index is 0.0927. The minimum atomic E-state index is -0.999. The Bertz CT molecular complexity index is 1220. The molecule has 37 heavy (non-hydrogen) atoms. The van der Waals surface area contributed by atoms with Gasteiger partial charge >= 0.3 is 0 Å². The van der Waals surface area contributed by atoms with Gasteiger partial charge in [-0.15, -0.1) is 0 Å². The number of piperidine rings is 1. The molecule has 0 saturated carbocycles. The second-order valence-corrected chi connectivity index (χ2v) is 9.95. The highest BCUT2D eigenvalue weighted by Crippen LogP contribution is 2.39. The highest BCUT2D eigenvalue weighted by molar-refractivity contribution is 5.99. The third-order valence-electron chi connectivity index (χ3n) is 7.62. The predicted molar refractivity (Wildman–Crippen MR) is 134 cm³/mol. The Morgan fingerprint density at radius 3 is 2.24 bits per heavy atom. The van der Waals surface area contributed by atoms with Crippen LogP contribution in [0.3, 0.4) is 0 Å². The largest absolute Gasteiger partial charge is 0.353 e. The number of hydrogen-bond acceptors (Lipinski definition) is 6. The van der Waals surface area contributed by atoms with E-state index in [1.807, 2.05) is 24.0 Å². The number of nitrogens with zero attached hydrogens (tertiary/aromatic N) is 4. The van der Waals surface area contributed by atoms with Crippen molar-refractivity contribution < 1.29 is 24.0 Å². The van der Waals surface area contributed by atoms with Crippen LogP contribution in [0, 0.1) is 17.0 Å². The maximum absolute atomic E-state index is 13.8. The quantitative estimate of drug-likeness (QED) is 0.465. The van der Waals surface area contributed by atoms with E-state index in [1.165, 1.54) is 18.2 Å².